The Hall–Kier alpha value is -2.37. The van der Waals surface area contributed by atoms with Gasteiger partial charge in [-0.05, 0) is 43.6 Å². The summed E-state index contributed by atoms with van der Waals surface area (Å²) in [6.07, 6.45) is 3.98. The van der Waals surface area contributed by atoms with Crippen LogP contribution in [0.1, 0.15) is 43.7 Å². The van der Waals surface area contributed by atoms with Crippen LogP contribution < -0.4 is 5.32 Å². The third-order valence-corrected chi connectivity index (χ3v) is 6.89. The second-order valence-electron chi connectivity index (χ2n) is 8.98. The number of hydrogen-bond donors (Lipinski definition) is 1. The maximum Gasteiger partial charge on any atom is 0.227 e. The molecule has 2 bridgehead atoms. The zero-order valence-corrected chi connectivity index (χ0v) is 17.4. The highest BCUT2D eigenvalue weighted by Gasteiger charge is 2.49. The molecule has 3 heterocycles. The lowest BCUT2D eigenvalue weighted by Crippen LogP contribution is -2.67. The van der Waals surface area contributed by atoms with Gasteiger partial charge in [0.1, 0.15) is 0 Å². The van der Waals surface area contributed by atoms with Gasteiger partial charge in [-0.2, -0.15) is 0 Å². The van der Waals surface area contributed by atoms with Crippen LogP contribution in [0.5, 0.6) is 0 Å². The van der Waals surface area contributed by atoms with Gasteiger partial charge in [-0.25, -0.2) is 0 Å². The predicted octanol–water partition coefficient (Wildman–Crippen LogP) is 1.90. The summed E-state index contributed by atoms with van der Waals surface area (Å²) in [5.41, 5.74) is 2.23. The summed E-state index contributed by atoms with van der Waals surface area (Å²) in [5, 5.41) is 2.92. The molecule has 4 atom stereocenters. The van der Waals surface area contributed by atoms with E-state index in [0.29, 0.717) is 31.8 Å². The monoisotopic (exact) mass is 397 g/mol. The minimum atomic E-state index is -0.0729. The third-order valence-electron chi connectivity index (χ3n) is 6.89. The molecule has 6 nitrogen and oxygen atoms in total. The van der Waals surface area contributed by atoms with Crippen LogP contribution in [-0.2, 0) is 20.8 Å². The maximum atomic E-state index is 13.1. The van der Waals surface area contributed by atoms with Crippen molar-refractivity contribution in [2.75, 3.05) is 19.6 Å². The molecule has 0 unspecified atom stereocenters. The van der Waals surface area contributed by atoms with Crippen molar-refractivity contribution in [1.82, 2.24) is 15.1 Å². The van der Waals surface area contributed by atoms with Crippen LogP contribution in [0.4, 0.5) is 0 Å². The third kappa shape index (κ3) is 4.16. The van der Waals surface area contributed by atoms with Crippen molar-refractivity contribution >= 4 is 17.7 Å². The van der Waals surface area contributed by atoms with Crippen molar-refractivity contribution in [1.29, 1.82) is 0 Å². The quantitative estimate of drug-likeness (QED) is 0.844. The molecule has 3 aliphatic heterocycles. The second kappa shape index (κ2) is 8.17. The van der Waals surface area contributed by atoms with E-state index in [1.807, 2.05) is 36.1 Å². The van der Waals surface area contributed by atoms with Gasteiger partial charge >= 0.3 is 0 Å². The van der Waals surface area contributed by atoms with Crippen LogP contribution in [0.2, 0.25) is 0 Å². The molecule has 3 fully saturated rings. The molecular weight excluding hydrogens is 366 g/mol. The number of fused-ring (bicyclic) bond motifs is 4. The Balaban J connectivity index is 1.51. The normalized spacial score (nSPS) is 28.7. The molecule has 1 N–H and O–H groups in total. The molecule has 6 heteroatoms. The van der Waals surface area contributed by atoms with Gasteiger partial charge in [-0.15, -0.1) is 0 Å². The first-order chi connectivity index (χ1) is 13.9. The smallest absolute Gasteiger partial charge is 0.227 e. The minimum Gasteiger partial charge on any atom is -0.354 e. The first kappa shape index (κ1) is 19.9. The summed E-state index contributed by atoms with van der Waals surface area (Å²) in [5.74, 6) is 0.869. The first-order valence-electron chi connectivity index (χ1n) is 10.8. The van der Waals surface area contributed by atoms with Crippen LogP contribution in [0.25, 0.3) is 0 Å². The minimum absolute atomic E-state index is 0.0112. The molecule has 1 aromatic rings. The molecule has 0 spiro atoms. The van der Waals surface area contributed by atoms with Gasteiger partial charge in [-0.1, -0.05) is 29.8 Å². The molecule has 3 amide bonds. The van der Waals surface area contributed by atoms with Gasteiger partial charge in [0.15, 0.2) is 0 Å². The fourth-order valence-corrected chi connectivity index (χ4v) is 5.48. The topological polar surface area (TPSA) is 69.7 Å². The van der Waals surface area contributed by atoms with Gasteiger partial charge in [0.05, 0.1) is 12.5 Å². The molecule has 3 aliphatic rings. The summed E-state index contributed by atoms with van der Waals surface area (Å²) in [7, 11) is 0. The van der Waals surface area contributed by atoms with Crippen molar-refractivity contribution in [2.24, 2.45) is 11.8 Å². The number of aryl methyl sites for hydroxylation is 1. The van der Waals surface area contributed by atoms with Crippen molar-refractivity contribution < 1.29 is 14.4 Å². The summed E-state index contributed by atoms with van der Waals surface area (Å²) < 4.78 is 0. The Morgan fingerprint density at radius 1 is 1.14 bits per heavy atom. The molecule has 0 radical (unpaired) electrons. The lowest BCUT2D eigenvalue weighted by atomic mass is 9.72. The number of rotatable bonds is 4. The molecule has 1 aromatic carbocycles. The predicted molar refractivity (Wildman–Crippen MR) is 110 cm³/mol. The van der Waals surface area contributed by atoms with E-state index >= 15 is 0 Å². The largest absolute Gasteiger partial charge is 0.354 e. The Labute approximate surface area is 172 Å². The number of benzene rings is 1. The first-order valence-corrected chi connectivity index (χ1v) is 10.8. The standard InChI is InChI=1S/C23H31N3O3/c1-15-6-8-17(9-7-15)10-23(29)25-13-18-11-19(14-25)21(12-24-16(2)27)26-20(18)4-3-5-22(26)28/h6-9,18-21H,3-5,10-14H2,1-2H3,(H,24,27)/t18-,19+,20+,21+/m1/s1. The summed E-state index contributed by atoms with van der Waals surface area (Å²) in [4.78, 5) is 41.4. The summed E-state index contributed by atoms with van der Waals surface area (Å²) in [6.45, 7) is 5.45. The molecule has 3 saturated heterocycles. The van der Waals surface area contributed by atoms with Gasteiger partial charge in [0.2, 0.25) is 17.7 Å². The number of amides is 3. The van der Waals surface area contributed by atoms with Gasteiger partial charge < -0.3 is 15.1 Å². The number of nitrogens with zero attached hydrogens (tertiary/aromatic N) is 2. The number of nitrogens with one attached hydrogen (secondary N) is 1. The van der Waals surface area contributed by atoms with Crippen molar-refractivity contribution in [3.8, 4) is 0 Å². The van der Waals surface area contributed by atoms with Gasteiger partial charge in [-0.3, -0.25) is 14.4 Å². The fourth-order valence-electron chi connectivity index (χ4n) is 5.48. The molecule has 0 saturated carbocycles. The van der Waals surface area contributed by atoms with E-state index in [4.69, 9.17) is 0 Å². The Morgan fingerprint density at radius 3 is 2.59 bits per heavy atom. The van der Waals surface area contributed by atoms with Crippen molar-refractivity contribution in [2.45, 2.75) is 58.0 Å². The number of piperidine rings is 3. The Kier molecular flexibility index (Phi) is 5.61. The van der Waals surface area contributed by atoms with Crippen LogP contribution in [0.15, 0.2) is 24.3 Å². The van der Waals surface area contributed by atoms with E-state index in [-0.39, 0.29) is 35.7 Å². The number of hydrogen-bond acceptors (Lipinski definition) is 3. The number of likely N-dealkylation sites (tertiary alicyclic amines) is 1. The summed E-state index contributed by atoms with van der Waals surface area (Å²) >= 11 is 0. The van der Waals surface area contributed by atoms with Crippen LogP contribution >= 0.6 is 0 Å². The Bertz CT molecular complexity index is 791. The average Bonchev–Trinajstić information content (AvgIpc) is 2.69. The molecule has 29 heavy (non-hydrogen) atoms. The average molecular weight is 398 g/mol. The van der Waals surface area contributed by atoms with E-state index < -0.39 is 0 Å². The highest BCUT2D eigenvalue weighted by Crippen LogP contribution is 2.41. The van der Waals surface area contributed by atoms with Gasteiger partial charge in [0, 0.05) is 39.0 Å². The van der Waals surface area contributed by atoms with Crippen molar-refractivity contribution in [3.63, 3.8) is 0 Å². The number of carbonyl (C=O) groups is 3. The van der Waals surface area contributed by atoms with E-state index in [2.05, 4.69) is 10.2 Å². The van der Waals surface area contributed by atoms with Crippen molar-refractivity contribution in [3.05, 3.63) is 35.4 Å². The van der Waals surface area contributed by atoms with E-state index in [1.54, 1.807) is 0 Å². The van der Waals surface area contributed by atoms with Gasteiger partial charge in [0.25, 0.3) is 0 Å². The molecule has 0 aromatic heterocycles. The second-order valence-corrected chi connectivity index (χ2v) is 8.98. The van der Waals surface area contributed by atoms with E-state index in [9.17, 15) is 14.4 Å². The zero-order valence-electron chi connectivity index (χ0n) is 17.4. The number of carbonyl (C=O) groups excluding carboxylic acids is 3. The molecule has 0 aliphatic carbocycles. The van der Waals surface area contributed by atoms with Crippen LogP contribution in [0, 0.1) is 18.8 Å². The molecule has 4 rings (SSSR count). The van der Waals surface area contributed by atoms with Crippen LogP contribution in [0.3, 0.4) is 0 Å². The fraction of sp³-hybridized carbons (Fsp3) is 0.609. The Morgan fingerprint density at radius 2 is 1.86 bits per heavy atom. The summed E-state index contributed by atoms with van der Waals surface area (Å²) in [6, 6.07) is 8.33. The lowest BCUT2D eigenvalue weighted by molar-refractivity contribution is -0.156. The molecular formula is C23H31N3O3. The SMILES string of the molecule is CC(=O)NC[C@H]1[C@H]2C[C@H](CN(C(=O)Cc3ccc(C)cc3)C2)[C@@H]2CCCC(=O)N21. The van der Waals surface area contributed by atoms with Crippen LogP contribution in [-0.4, -0.2) is 59.2 Å². The van der Waals surface area contributed by atoms with E-state index in [1.165, 1.54) is 12.5 Å². The lowest BCUT2D eigenvalue weighted by Gasteiger charge is -2.56. The zero-order chi connectivity index (χ0) is 20.5. The van der Waals surface area contributed by atoms with E-state index in [0.717, 1.165) is 31.4 Å². The molecule has 156 valence electrons. The highest BCUT2D eigenvalue weighted by molar-refractivity contribution is 5.80. The maximum absolute atomic E-state index is 13.1. The highest BCUT2D eigenvalue weighted by atomic mass is 16.2.